The highest BCUT2D eigenvalue weighted by molar-refractivity contribution is 9.10. The van der Waals surface area contributed by atoms with Crippen molar-refractivity contribution in [2.45, 2.75) is 12.5 Å². The number of carbonyl (C=O) groups is 1. The molecule has 0 radical (unpaired) electrons. The van der Waals surface area contributed by atoms with Crippen molar-refractivity contribution >= 4 is 33.0 Å². The average molecular weight is 497 g/mol. The van der Waals surface area contributed by atoms with E-state index in [1.807, 2.05) is 35.7 Å². The Labute approximate surface area is 195 Å². The fraction of sp³-hybridized carbons (Fsp3) is 0.292. The van der Waals surface area contributed by atoms with Crippen LogP contribution in [0.25, 0.3) is 11.3 Å². The first kappa shape index (κ1) is 21.8. The highest BCUT2D eigenvalue weighted by Gasteiger charge is 2.30. The van der Waals surface area contributed by atoms with E-state index in [2.05, 4.69) is 51.2 Å². The fourth-order valence-corrected chi connectivity index (χ4v) is 5.14. The van der Waals surface area contributed by atoms with E-state index in [9.17, 15) is 10.1 Å². The van der Waals surface area contributed by atoms with Crippen molar-refractivity contribution in [1.29, 1.82) is 5.26 Å². The Morgan fingerprint density at radius 1 is 1.06 bits per heavy atom. The first-order valence-electron chi connectivity index (χ1n) is 10.5. The second kappa shape index (κ2) is 10.3. The summed E-state index contributed by atoms with van der Waals surface area (Å²) >= 11 is 4.83. The molecule has 1 atom stereocenters. The predicted molar refractivity (Wildman–Crippen MR) is 125 cm³/mol. The van der Waals surface area contributed by atoms with E-state index in [1.165, 1.54) is 21.8 Å². The molecule has 0 spiro atoms. The summed E-state index contributed by atoms with van der Waals surface area (Å²) in [7, 11) is 0. The topological polar surface area (TPSA) is 62.6 Å². The van der Waals surface area contributed by atoms with Crippen LogP contribution >= 0.6 is 27.3 Å². The summed E-state index contributed by atoms with van der Waals surface area (Å²) in [6, 6.07) is 20.6. The van der Waals surface area contributed by atoms with E-state index in [0.717, 1.165) is 48.5 Å². The lowest BCUT2D eigenvalue weighted by molar-refractivity contribution is -1.02. The Bertz CT molecular complexity index is 1050. The van der Waals surface area contributed by atoms with Crippen LogP contribution in [0.15, 0.2) is 64.5 Å². The molecule has 158 valence electrons. The SMILES string of the molecule is N#C[C@H](C(=O)C[NH+]1CC[NH+](Cc2ccccc2)CC1)c1nc(-c2ccc(Br)cc2)cs1. The van der Waals surface area contributed by atoms with Crippen molar-refractivity contribution in [3.05, 3.63) is 75.0 Å². The average Bonchev–Trinajstić information content (AvgIpc) is 3.26. The number of aromatic nitrogens is 1. The van der Waals surface area contributed by atoms with E-state index in [-0.39, 0.29) is 5.78 Å². The van der Waals surface area contributed by atoms with Crippen molar-refractivity contribution < 1.29 is 14.6 Å². The number of rotatable bonds is 7. The number of halogens is 1. The largest absolute Gasteiger partial charge is 0.322 e. The van der Waals surface area contributed by atoms with Gasteiger partial charge in [0.2, 0.25) is 5.78 Å². The minimum atomic E-state index is -0.781. The van der Waals surface area contributed by atoms with Crippen LogP contribution in [0.3, 0.4) is 0 Å². The molecule has 1 aliphatic heterocycles. The van der Waals surface area contributed by atoms with Crippen LogP contribution in [-0.2, 0) is 11.3 Å². The Balaban J connectivity index is 1.33. The Morgan fingerprint density at radius 2 is 1.74 bits per heavy atom. The number of quaternary nitrogens is 2. The van der Waals surface area contributed by atoms with Gasteiger partial charge in [0.25, 0.3) is 0 Å². The monoisotopic (exact) mass is 496 g/mol. The van der Waals surface area contributed by atoms with Crippen LogP contribution in [0.5, 0.6) is 0 Å². The molecular formula is C24H25BrN4OS+2. The number of nitriles is 1. The predicted octanol–water partition coefficient (Wildman–Crippen LogP) is 1.73. The Kier molecular flexibility index (Phi) is 7.25. The summed E-state index contributed by atoms with van der Waals surface area (Å²) < 4.78 is 1.01. The van der Waals surface area contributed by atoms with Gasteiger partial charge in [-0.1, -0.05) is 58.4 Å². The third kappa shape index (κ3) is 5.66. The minimum Gasteiger partial charge on any atom is -0.322 e. The van der Waals surface area contributed by atoms with Gasteiger partial charge >= 0.3 is 0 Å². The molecule has 0 unspecified atom stereocenters. The highest BCUT2D eigenvalue weighted by atomic mass is 79.9. The number of thiazole rings is 1. The molecule has 1 fully saturated rings. The summed E-state index contributed by atoms with van der Waals surface area (Å²) in [5, 5.41) is 12.2. The number of nitrogens with zero attached hydrogens (tertiary/aromatic N) is 2. The number of carbonyl (C=O) groups excluding carboxylic acids is 1. The van der Waals surface area contributed by atoms with Gasteiger partial charge in [0.15, 0.2) is 5.92 Å². The summed E-state index contributed by atoms with van der Waals surface area (Å²) in [5.74, 6) is -0.808. The number of ketones is 1. The number of benzene rings is 2. The quantitative estimate of drug-likeness (QED) is 0.523. The smallest absolute Gasteiger partial charge is 0.210 e. The third-order valence-corrected chi connectivity index (χ3v) is 7.18. The summed E-state index contributed by atoms with van der Waals surface area (Å²) in [4.78, 5) is 20.3. The molecule has 2 N–H and O–H groups in total. The molecule has 2 aromatic carbocycles. The van der Waals surface area contributed by atoms with E-state index in [0.29, 0.717) is 11.6 Å². The van der Waals surface area contributed by atoms with Gasteiger partial charge in [0.1, 0.15) is 44.3 Å². The van der Waals surface area contributed by atoms with Crippen LogP contribution in [0, 0.1) is 11.3 Å². The number of nitrogens with one attached hydrogen (secondary N) is 2. The van der Waals surface area contributed by atoms with Crippen molar-refractivity contribution in [1.82, 2.24) is 4.98 Å². The molecule has 3 aromatic rings. The molecule has 0 aliphatic carbocycles. The lowest BCUT2D eigenvalue weighted by Crippen LogP contribution is -3.27. The number of piperazine rings is 1. The lowest BCUT2D eigenvalue weighted by Gasteiger charge is -2.29. The van der Waals surface area contributed by atoms with Gasteiger partial charge in [-0.15, -0.1) is 11.3 Å². The molecule has 2 heterocycles. The van der Waals surface area contributed by atoms with Crippen LogP contribution in [-0.4, -0.2) is 43.5 Å². The molecule has 31 heavy (non-hydrogen) atoms. The van der Waals surface area contributed by atoms with Gasteiger partial charge in [-0.3, -0.25) is 4.79 Å². The maximum atomic E-state index is 12.9. The highest BCUT2D eigenvalue weighted by Crippen LogP contribution is 2.27. The van der Waals surface area contributed by atoms with Gasteiger partial charge in [-0.05, 0) is 12.1 Å². The van der Waals surface area contributed by atoms with Gasteiger partial charge in [-0.2, -0.15) is 5.26 Å². The van der Waals surface area contributed by atoms with Gasteiger partial charge in [0, 0.05) is 21.0 Å². The van der Waals surface area contributed by atoms with Gasteiger partial charge in [0.05, 0.1) is 11.8 Å². The van der Waals surface area contributed by atoms with E-state index >= 15 is 0 Å². The first-order valence-corrected chi connectivity index (χ1v) is 12.1. The zero-order chi connectivity index (χ0) is 21.6. The molecule has 1 saturated heterocycles. The molecule has 1 aliphatic rings. The maximum Gasteiger partial charge on any atom is 0.210 e. The number of hydrogen-bond donors (Lipinski definition) is 2. The molecule has 0 amide bonds. The lowest BCUT2D eigenvalue weighted by atomic mass is 10.1. The Morgan fingerprint density at radius 3 is 2.42 bits per heavy atom. The van der Waals surface area contributed by atoms with Gasteiger partial charge in [-0.25, -0.2) is 4.98 Å². The van der Waals surface area contributed by atoms with E-state index < -0.39 is 5.92 Å². The van der Waals surface area contributed by atoms with Crippen LogP contribution in [0.1, 0.15) is 16.5 Å². The maximum absolute atomic E-state index is 12.9. The van der Waals surface area contributed by atoms with Crippen LogP contribution < -0.4 is 9.80 Å². The third-order valence-electron chi connectivity index (χ3n) is 5.75. The molecule has 1 aromatic heterocycles. The molecule has 4 rings (SSSR count). The Hall–Kier alpha value is -2.37. The van der Waals surface area contributed by atoms with Crippen molar-refractivity contribution in [2.75, 3.05) is 32.7 Å². The standard InChI is InChI=1S/C24H23BrN4OS/c25-20-8-6-19(7-9-20)22-17-31-24(27-22)21(14-26)23(30)16-29-12-10-28(11-13-29)15-18-4-2-1-3-5-18/h1-9,17,21H,10-13,15-16H2/p+2/t21-/m1/s1. The second-order valence-corrected chi connectivity index (χ2v) is 9.75. The number of hydrogen-bond acceptors (Lipinski definition) is 4. The van der Waals surface area contributed by atoms with Crippen molar-refractivity contribution in [3.8, 4) is 17.3 Å². The summed E-state index contributed by atoms with van der Waals surface area (Å²) in [6.07, 6.45) is 0. The first-order chi connectivity index (χ1) is 15.1. The minimum absolute atomic E-state index is 0.0271. The van der Waals surface area contributed by atoms with Crippen molar-refractivity contribution in [3.63, 3.8) is 0 Å². The molecule has 0 saturated carbocycles. The zero-order valence-corrected chi connectivity index (χ0v) is 19.6. The molecule has 0 bridgehead atoms. The van der Waals surface area contributed by atoms with Crippen LogP contribution in [0.4, 0.5) is 0 Å². The molecule has 5 nitrogen and oxygen atoms in total. The van der Waals surface area contributed by atoms with E-state index in [1.54, 1.807) is 4.90 Å². The van der Waals surface area contributed by atoms with Crippen LogP contribution in [0.2, 0.25) is 0 Å². The normalized spacial score (nSPS) is 19.5. The second-order valence-electron chi connectivity index (χ2n) is 7.95. The van der Waals surface area contributed by atoms with Gasteiger partial charge < -0.3 is 9.80 Å². The summed E-state index contributed by atoms with van der Waals surface area (Å²) in [5.41, 5.74) is 3.15. The molecular weight excluding hydrogens is 472 g/mol. The van der Waals surface area contributed by atoms with Crippen molar-refractivity contribution in [2.24, 2.45) is 0 Å². The zero-order valence-electron chi connectivity index (χ0n) is 17.2. The fourth-order valence-electron chi connectivity index (χ4n) is 3.98. The summed E-state index contributed by atoms with van der Waals surface area (Å²) in [6.45, 7) is 5.41. The van der Waals surface area contributed by atoms with E-state index in [4.69, 9.17) is 0 Å². The number of Topliss-reactive ketones (excluding diaryl/α,β-unsaturated/α-hetero) is 1. The molecule has 7 heteroatoms.